The van der Waals surface area contributed by atoms with Gasteiger partial charge in [0, 0.05) is 20.6 Å². The van der Waals surface area contributed by atoms with Crippen molar-refractivity contribution < 1.29 is 9.18 Å². The Bertz CT molecular complexity index is 660. The molecule has 0 radical (unpaired) electrons. The number of halogens is 1. The minimum atomic E-state index is -0.339. The molecule has 6 nitrogen and oxygen atoms in total. The molecular formula is C13H15FN4O2. The lowest BCUT2D eigenvalue weighted by Gasteiger charge is -2.16. The molecule has 0 saturated heterocycles. The summed E-state index contributed by atoms with van der Waals surface area (Å²) in [7, 11) is 3.19. The monoisotopic (exact) mass is 278 g/mol. The quantitative estimate of drug-likeness (QED) is 0.812. The molecule has 2 rings (SSSR count). The SMILES string of the molecule is CN(Cc1ccc(F)cc1)C(=O)Cn1ncn(C)c1=O. The minimum Gasteiger partial charge on any atom is -0.340 e. The van der Waals surface area contributed by atoms with Gasteiger partial charge in [0.1, 0.15) is 18.7 Å². The highest BCUT2D eigenvalue weighted by molar-refractivity contribution is 5.75. The van der Waals surface area contributed by atoms with Crippen LogP contribution in [-0.2, 0) is 24.9 Å². The summed E-state index contributed by atoms with van der Waals surface area (Å²) < 4.78 is 15.2. The van der Waals surface area contributed by atoms with Crippen LogP contribution >= 0.6 is 0 Å². The third kappa shape index (κ3) is 3.11. The first-order valence-electron chi connectivity index (χ1n) is 6.04. The van der Waals surface area contributed by atoms with Crippen molar-refractivity contribution in [2.45, 2.75) is 13.1 Å². The maximum absolute atomic E-state index is 12.8. The van der Waals surface area contributed by atoms with Crippen molar-refractivity contribution in [3.05, 3.63) is 52.5 Å². The van der Waals surface area contributed by atoms with Crippen LogP contribution in [0, 0.1) is 5.82 Å². The Hall–Kier alpha value is -2.44. The van der Waals surface area contributed by atoms with E-state index in [1.165, 1.54) is 27.9 Å². The molecule has 106 valence electrons. The van der Waals surface area contributed by atoms with E-state index in [9.17, 15) is 14.0 Å². The Morgan fingerprint density at radius 2 is 2.00 bits per heavy atom. The number of carbonyl (C=O) groups is 1. The molecule has 7 heteroatoms. The van der Waals surface area contributed by atoms with Gasteiger partial charge in [-0.15, -0.1) is 0 Å². The molecule has 0 fully saturated rings. The summed E-state index contributed by atoms with van der Waals surface area (Å²) in [4.78, 5) is 25.0. The Balaban J connectivity index is 2.00. The Morgan fingerprint density at radius 1 is 1.35 bits per heavy atom. The van der Waals surface area contributed by atoms with E-state index in [-0.39, 0.29) is 24.0 Å². The number of benzene rings is 1. The van der Waals surface area contributed by atoms with E-state index in [0.29, 0.717) is 6.54 Å². The number of aryl methyl sites for hydroxylation is 1. The zero-order valence-electron chi connectivity index (χ0n) is 11.3. The number of likely N-dealkylation sites (N-methyl/N-ethyl adjacent to an activating group) is 1. The topological polar surface area (TPSA) is 60.1 Å². The highest BCUT2D eigenvalue weighted by Crippen LogP contribution is 2.05. The Labute approximate surface area is 115 Å². The fourth-order valence-electron chi connectivity index (χ4n) is 1.73. The largest absolute Gasteiger partial charge is 0.345 e. The van der Waals surface area contributed by atoms with Gasteiger partial charge in [-0.05, 0) is 17.7 Å². The van der Waals surface area contributed by atoms with Gasteiger partial charge in [-0.25, -0.2) is 13.9 Å². The molecule has 0 aliphatic heterocycles. The average Bonchev–Trinajstić information content (AvgIpc) is 2.73. The molecule has 1 aromatic carbocycles. The molecule has 0 saturated carbocycles. The second-order valence-corrected chi connectivity index (χ2v) is 4.56. The second kappa shape index (κ2) is 5.68. The van der Waals surface area contributed by atoms with Crippen LogP contribution in [0.3, 0.4) is 0 Å². The molecule has 0 bridgehead atoms. The van der Waals surface area contributed by atoms with E-state index in [2.05, 4.69) is 5.10 Å². The fourth-order valence-corrected chi connectivity index (χ4v) is 1.73. The summed E-state index contributed by atoms with van der Waals surface area (Å²) in [5.74, 6) is -0.558. The number of nitrogens with zero attached hydrogens (tertiary/aromatic N) is 4. The smallest absolute Gasteiger partial charge is 0.340 e. The fraction of sp³-hybridized carbons (Fsp3) is 0.308. The van der Waals surface area contributed by atoms with Crippen molar-refractivity contribution in [1.82, 2.24) is 19.2 Å². The van der Waals surface area contributed by atoms with Gasteiger partial charge in [0.2, 0.25) is 5.91 Å². The van der Waals surface area contributed by atoms with E-state index in [1.54, 1.807) is 26.2 Å². The molecule has 0 unspecified atom stereocenters. The van der Waals surface area contributed by atoms with Gasteiger partial charge in [-0.1, -0.05) is 12.1 Å². The number of hydrogen-bond donors (Lipinski definition) is 0. The van der Waals surface area contributed by atoms with Crippen LogP contribution in [0.5, 0.6) is 0 Å². The van der Waals surface area contributed by atoms with Crippen molar-refractivity contribution in [3.63, 3.8) is 0 Å². The second-order valence-electron chi connectivity index (χ2n) is 4.56. The summed E-state index contributed by atoms with van der Waals surface area (Å²) >= 11 is 0. The average molecular weight is 278 g/mol. The van der Waals surface area contributed by atoms with Crippen molar-refractivity contribution in [1.29, 1.82) is 0 Å². The molecule has 20 heavy (non-hydrogen) atoms. The van der Waals surface area contributed by atoms with Crippen LogP contribution in [0.25, 0.3) is 0 Å². The van der Waals surface area contributed by atoms with Gasteiger partial charge in [0.15, 0.2) is 0 Å². The third-order valence-corrected chi connectivity index (χ3v) is 2.93. The first kappa shape index (κ1) is 14.0. The standard InChI is InChI=1S/C13H15FN4O2/c1-16(7-10-3-5-11(14)6-4-10)12(19)8-18-13(20)17(2)9-15-18/h3-6,9H,7-8H2,1-2H3. The zero-order chi connectivity index (χ0) is 14.7. The van der Waals surface area contributed by atoms with E-state index >= 15 is 0 Å². The summed E-state index contributed by atoms with van der Waals surface area (Å²) in [5.41, 5.74) is 0.476. The van der Waals surface area contributed by atoms with E-state index in [4.69, 9.17) is 0 Å². The number of rotatable bonds is 4. The minimum absolute atomic E-state index is 0.114. The van der Waals surface area contributed by atoms with Gasteiger partial charge in [-0.3, -0.25) is 9.36 Å². The van der Waals surface area contributed by atoms with Crippen LogP contribution in [0.2, 0.25) is 0 Å². The lowest BCUT2D eigenvalue weighted by molar-refractivity contribution is -0.131. The van der Waals surface area contributed by atoms with E-state index in [0.717, 1.165) is 10.2 Å². The molecule has 0 atom stereocenters. The summed E-state index contributed by atoms with van der Waals surface area (Å²) in [6.45, 7) is 0.234. The summed E-state index contributed by atoms with van der Waals surface area (Å²) in [6.07, 6.45) is 1.36. The maximum atomic E-state index is 12.8. The van der Waals surface area contributed by atoms with Crippen molar-refractivity contribution in [2.75, 3.05) is 7.05 Å². The highest BCUT2D eigenvalue weighted by Gasteiger charge is 2.12. The molecule has 0 spiro atoms. The molecule has 0 N–H and O–H groups in total. The highest BCUT2D eigenvalue weighted by atomic mass is 19.1. The van der Waals surface area contributed by atoms with Crippen LogP contribution in [-0.4, -0.2) is 32.2 Å². The zero-order valence-corrected chi connectivity index (χ0v) is 11.3. The van der Waals surface area contributed by atoms with Crippen LogP contribution in [0.1, 0.15) is 5.56 Å². The van der Waals surface area contributed by atoms with Gasteiger partial charge in [0.05, 0.1) is 0 Å². The molecule has 1 amide bonds. The van der Waals surface area contributed by atoms with Crippen molar-refractivity contribution in [3.8, 4) is 0 Å². The number of aromatic nitrogens is 3. The van der Waals surface area contributed by atoms with E-state index in [1.807, 2.05) is 0 Å². The third-order valence-electron chi connectivity index (χ3n) is 2.93. The van der Waals surface area contributed by atoms with Crippen LogP contribution in [0.15, 0.2) is 35.4 Å². The normalized spacial score (nSPS) is 10.6. The molecule has 2 aromatic rings. The predicted molar refractivity (Wildman–Crippen MR) is 70.3 cm³/mol. The molecule has 0 aliphatic rings. The summed E-state index contributed by atoms with van der Waals surface area (Å²) in [6, 6.07) is 5.92. The van der Waals surface area contributed by atoms with Crippen molar-refractivity contribution in [2.24, 2.45) is 7.05 Å². The maximum Gasteiger partial charge on any atom is 0.345 e. The number of hydrogen-bond acceptors (Lipinski definition) is 3. The van der Waals surface area contributed by atoms with Crippen LogP contribution < -0.4 is 5.69 Å². The predicted octanol–water partition coefficient (Wildman–Crippen LogP) is 0.380. The molecular weight excluding hydrogens is 263 g/mol. The molecule has 0 aliphatic carbocycles. The van der Waals surface area contributed by atoms with Gasteiger partial charge < -0.3 is 4.90 Å². The first-order chi connectivity index (χ1) is 9.47. The summed E-state index contributed by atoms with van der Waals surface area (Å²) in [5, 5.41) is 3.83. The number of carbonyl (C=O) groups excluding carboxylic acids is 1. The first-order valence-corrected chi connectivity index (χ1v) is 6.04. The lowest BCUT2D eigenvalue weighted by atomic mass is 10.2. The van der Waals surface area contributed by atoms with Crippen molar-refractivity contribution >= 4 is 5.91 Å². The molecule has 1 heterocycles. The van der Waals surface area contributed by atoms with Gasteiger partial charge >= 0.3 is 5.69 Å². The number of amides is 1. The lowest BCUT2D eigenvalue weighted by Crippen LogP contribution is -2.34. The Kier molecular flexibility index (Phi) is 3.97. The Morgan fingerprint density at radius 3 is 2.55 bits per heavy atom. The van der Waals surface area contributed by atoms with Gasteiger partial charge in [-0.2, -0.15) is 5.10 Å². The molecule has 1 aromatic heterocycles. The van der Waals surface area contributed by atoms with E-state index < -0.39 is 0 Å². The van der Waals surface area contributed by atoms with Crippen LogP contribution in [0.4, 0.5) is 4.39 Å². The van der Waals surface area contributed by atoms with Gasteiger partial charge in [0.25, 0.3) is 0 Å².